The molecule has 0 unspecified atom stereocenters. The van der Waals surface area contributed by atoms with Crippen LogP contribution in [0.25, 0.3) is 22.4 Å². The smallest absolute Gasteiger partial charge is 0.171 e. The Labute approximate surface area is 236 Å². The van der Waals surface area contributed by atoms with E-state index in [0.717, 1.165) is 46.4 Å². The predicted octanol–water partition coefficient (Wildman–Crippen LogP) is 4.31. The fourth-order valence-corrected chi connectivity index (χ4v) is 6.41. The number of aryl methyl sites for hydroxylation is 3. The summed E-state index contributed by atoms with van der Waals surface area (Å²) >= 11 is 1.60. The molecule has 1 fully saturated rings. The van der Waals surface area contributed by atoms with E-state index in [9.17, 15) is 10.2 Å². The van der Waals surface area contributed by atoms with Gasteiger partial charge in [-0.15, -0.1) is 0 Å². The fraction of sp³-hybridized carbons (Fsp3) is 0.300. The van der Waals surface area contributed by atoms with Gasteiger partial charge in [0.25, 0.3) is 0 Å². The molecule has 1 saturated heterocycles. The molecule has 5 aromatic rings. The molecule has 1 aliphatic heterocycles. The summed E-state index contributed by atoms with van der Waals surface area (Å²) in [6.45, 7) is 1.92. The van der Waals surface area contributed by atoms with E-state index in [4.69, 9.17) is 15.0 Å². The Morgan fingerprint density at radius 2 is 1.73 bits per heavy atom. The number of ether oxygens (including phenoxy) is 1. The van der Waals surface area contributed by atoms with Gasteiger partial charge in [-0.2, -0.15) is 11.8 Å². The second kappa shape index (κ2) is 11.4. The summed E-state index contributed by atoms with van der Waals surface area (Å²) in [6.07, 6.45) is 1.30. The van der Waals surface area contributed by atoms with Crippen molar-refractivity contribution in [3.05, 3.63) is 95.6 Å². The molecular formula is C30H31N5O4S. The third-order valence-electron chi connectivity index (χ3n) is 7.40. The minimum absolute atomic E-state index is 0.380. The van der Waals surface area contributed by atoms with Gasteiger partial charge in [-0.25, -0.2) is 9.97 Å². The number of hydrogen-bond donors (Lipinski definition) is 3. The summed E-state index contributed by atoms with van der Waals surface area (Å²) < 4.78 is 13.7. The minimum atomic E-state index is -1.13. The largest absolute Gasteiger partial charge is 0.387 e. The number of aromatic nitrogens is 4. The van der Waals surface area contributed by atoms with Gasteiger partial charge in [-0.05, 0) is 30.9 Å². The molecule has 0 radical (unpaired) electrons. The van der Waals surface area contributed by atoms with E-state index in [1.807, 2.05) is 61.7 Å². The number of benzene rings is 2. The highest BCUT2D eigenvalue weighted by molar-refractivity contribution is 7.98. The van der Waals surface area contributed by atoms with E-state index < -0.39 is 24.5 Å². The van der Waals surface area contributed by atoms with Gasteiger partial charge in [-0.3, -0.25) is 0 Å². The van der Waals surface area contributed by atoms with Crippen LogP contribution >= 0.6 is 11.8 Å². The number of fused-ring (bicyclic) bond motifs is 1. The Morgan fingerprint density at radius 3 is 2.50 bits per heavy atom. The maximum Gasteiger partial charge on any atom is 0.171 e. The van der Waals surface area contributed by atoms with Crippen LogP contribution in [0.2, 0.25) is 0 Å². The Kier molecular flexibility index (Phi) is 7.57. The second-order valence-corrected chi connectivity index (χ2v) is 11.0. The van der Waals surface area contributed by atoms with Crippen LogP contribution < -0.4 is 5.73 Å². The standard InChI is InChI=1S/C30H31N5O4S/c1-18-22(27(39-34-18)20-10-6-3-7-11-20)15-40-16-23-25(36)26(37)30(38-23)35-14-21(13-12-19-8-4-2-5-9-19)24-28(31)32-17-33-29(24)35/h2-11,14,17,23,25-26,30,36-37H,12-13,15-16H2,1H3,(H2,31,32,33)/t23-,25-,26-,30-/m1/s1. The van der Waals surface area contributed by atoms with Crippen molar-refractivity contribution in [3.8, 4) is 11.3 Å². The van der Waals surface area contributed by atoms with Crippen molar-refractivity contribution < 1.29 is 19.5 Å². The first kappa shape index (κ1) is 26.5. The number of thioether (sulfide) groups is 1. The summed E-state index contributed by atoms with van der Waals surface area (Å²) in [7, 11) is 0. The molecule has 10 heteroatoms. The van der Waals surface area contributed by atoms with Crippen LogP contribution in [0.5, 0.6) is 0 Å². The number of aliphatic hydroxyl groups excluding tert-OH is 2. The molecule has 0 amide bonds. The first-order valence-electron chi connectivity index (χ1n) is 13.2. The van der Waals surface area contributed by atoms with Gasteiger partial charge in [0.05, 0.1) is 17.2 Å². The van der Waals surface area contributed by atoms with Gasteiger partial charge in [0, 0.05) is 28.8 Å². The van der Waals surface area contributed by atoms with Crippen molar-refractivity contribution >= 4 is 28.6 Å². The predicted molar refractivity (Wildman–Crippen MR) is 155 cm³/mol. The molecule has 1 aliphatic rings. The maximum atomic E-state index is 11.0. The molecule has 2 aromatic carbocycles. The highest BCUT2D eigenvalue weighted by atomic mass is 32.2. The van der Waals surface area contributed by atoms with Crippen LogP contribution in [0.15, 0.2) is 77.7 Å². The molecule has 4 atom stereocenters. The van der Waals surface area contributed by atoms with Gasteiger partial charge in [0.15, 0.2) is 12.0 Å². The van der Waals surface area contributed by atoms with Crippen molar-refractivity contribution in [2.45, 2.75) is 50.1 Å². The fourth-order valence-electron chi connectivity index (χ4n) is 5.24. The highest BCUT2D eigenvalue weighted by Crippen LogP contribution is 2.37. The molecule has 4 heterocycles. The molecule has 0 aliphatic carbocycles. The Morgan fingerprint density at radius 1 is 0.975 bits per heavy atom. The third-order valence-corrected chi connectivity index (χ3v) is 8.46. The van der Waals surface area contributed by atoms with Crippen LogP contribution in [0.3, 0.4) is 0 Å². The second-order valence-electron chi connectivity index (χ2n) is 10.0. The minimum Gasteiger partial charge on any atom is -0.387 e. The van der Waals surface area contributed by atoms with Crippen LogP contribution in [0, 0.1) is 6.92 Å². The number of hydrogen-bond acceptors (Lipinski definition) is 9. The SMILES string of the molecule is Cc1noc(-c2ccccc2)c1CSC[C@H]1O[C@@H](n2cc(CCc3ccccc3)c3c(N)ncnc32)[C@H](O)[C@@H]1O. The topological polar surface area (TPSA) is 132 Å². The van der Waals surface area contributed by atoms with E-state index in [0.29, 0.717) is 23.0 Å². The molecule has 0 bridgehead atoms. The lowest BCUT2D eigenvalue weighted by atomic mass is 10.0. The van der Waals surface area contributed by atoms with Crippen molar-refractivity contribution in [1.82, 2.24) is 19.7 Å². The van der Waals surface area contributed by atoms with Crippen LogP contribution in [0.1, 0.15) is 28.6 Å². The molecule has 6 rings (SSSR count). The van der Waals surface area contributed by atoms with Crippen molar-refractivity contribution in [1.29, 1.82) is 0 Å². The summed E-state index contributed by atoms with van der Waals surface area (Å²) in [5, 5.41) is 26.9. The van der Waals surface area contributed by atoms with E-state index in [1.165, 1.54) is 11.9 Å². The van der Waals surface area contributed by atoms with E-state index in [-0.39, 0.29) is 0 Å². The highest BCUT2D eigenvalue weighted by Gasteiger charge is 2.44. The molecule has 3 aromatic heterocycles. The van der Waals surface area contributed by atoms with Crippen LogP contribution in [-0.2, 0) is 23.3 Å². The van der Waals surface area contributed by atoms with Gasteiger partial charge < -0.3 is 29.8 Å². The quantitative estimate of drug-likeness (QED) is 0.242. The molecule has 0 spiro atoms. The first-order chi connectivity index (χ1) is 19.5. The third kappa shape index (κ3) is 5.11. The average Bonchev–Trinajstić information content (AvgIpc) is 3.63. The summed E-state index contributed by atoms with van der Waals surface area (Å²) in [5.74, 6) is 2.23. The monoisotopic (exact) mass is 557 g/mol. The van der Waals surface area contributed by atoms with Gasteiger partial charge in [0.2, 0.25) is 0 Å². The van der Waals surface area contributed by atoms with Crippen molar-refractivity contribution in [3.63, 3.8) is 0 Å². The molecule has 0 saturated carbocycles. The number of nitrogen functional groups attached to an aromatic ring is 1. The molecule has 206 valence electrons. The zero-order chi connectivity index (χ0) is 27.6. The number of aliphatic hydroxyl groups is 2. The Bertz CT molecular complexity index is 1590. The van der Waals surface area contributed by atoms with Gasteiger partial charge in [0.1, 0.15) is 30.0 Å². The zero-order valence-corrected chi connectivity index (χ0v) is 22.9. The van der Waals surface area contributed by atoms with Crippen molar-refractivity contribution in [2.24, 2.45) is 0 Å². The molecule has 4 N–H and O–H groups in total. The van der Waals surface area contributed by atoms with Crippen molar-refractivity contribution in [2.75, 3.05) is 11.5 Å². The average molecular weight is 558 g/mol. The summed E-state index contributed by atoms with van der Waals surface area (Å²) in [6, 6.07) is 20.1. The van der Waals surface area contributed by atoms with Gasteiger partial charge >= 0.3 is 0 Å². The van der Waals surface area contributed by atoms with Crippen LogP contribution in [0.4, 0.5) is 5.82 Å². The Balaban J connectivity index is 1.18. The molecule has 40 heavy (non-hydrogen) atoms. The lowest BCUT2D eigenvalue weighted by Crippen LogP contribution is -2.32. The summed E-state index contributed by atoms with van der Waals surface area (Å²) in [5.41, 5.74) is 11.8. The van der Waals surface area contributed by atoms with E-state index >= 15 is 0 Å². The number of nitrogens with zero attached hydrogens (tertiary/aromatic N) is 4. The number of anilines is 1. The normalized spacial score (nSPS) is 20.9. The number of rotatable bonds is 9. The van der Waals surface area contributed by atoms with E-state index in [1.54, 1.807) is 16.3 Å². The molecular weight excluding hydrogens is 526 g/mol. The first-order valence-corrected chi connectivity index (χ1v) is 14.4. The van der Waals surface area contributed by atoms with E-state index in [2.05, 4.69) is 27.3 Å². The summed E-state index contributed by atoms with van der Waals surface area (Å²) in [4.78, 5) is 8.66. The lowest BCUT2D eigenvalue weighted by molar-refractivity contribution is -0.0286. The molecule has 9 nitrogen and oxygen atoms in total. The number of nitrogens with two attached hydrogens (primary N) is 1. The maximum absolute atomic E-state index is 11.0. The Hall–Kier alpha value is -3.70. The van der Waals surface area contributed by atoms with Gasteiger partial charge in [-0.1, -0.05) is 65.8 Å². The zero-order valence-electron chi connectivity index (χ0n) is 22.1. The van der Waals surface area contributed by atoms with Crippen LogP contribution in [-0.4, -0.2) is 54.0 Å². The lowest BCUT2D eigenvalue weighted by Gasteiger charge is -2.17.